The van der Waals surface area contributed by atoms with Crippen molar-refractivity contribution in [2.75, 3.05) is 23.5 Å². The summed E-state index contributed by atoms with van der Waals surface area (Å²) in [4.78, 5) is 1.90. The van der Waals surface area contributed by atoms with Crippen LogP contribution in [0.3, 0.4) is 0 Å². The van der Waals surface area contributed by atoms with Crippen molar-refractivity contribution in [3.05, 3.63) is 29.6 Å². The molecule has 4 nitrogen and oxygen atoms in total. The number of rotatable bonds is 5. The molecule has 1 unspecified atom stereocenters. The van der Waals surface area contributed by atoms with Gasteiger partial charge in [-0.15, -0.1) is 0 Å². The Morgan fingerprint density at radius 2 is 2.05 bits per heavy atom. The summed E-state index contributed by atoms with van der Waals surface area (Å²) in [6.45, 7) is 0.659. The van der Waals surface area contributed by atoms with E-state index in [9.17, 15) is 12.8 Å². The topological polar surface area (TPSA) is 49.4 Å². The summed E-state index contributed by atoms with van der Waals surface area (Å²) < 4.78 is 37.0. The van der Waals surface area contributed by atoms with Gasteiger partial charge in [-0.3, -0.25) is 0 Å². The Kier molecular flexibility index (Phi) is 3.92. The molecule has 0 spiro atoms. The first-order chi connectivity index (χ1) is 9.93. The first-order valence-electron chi connectivity index (χ1n) is 7.39. The molecule has 2 fully saturated rings. The van der Waals surface area contributed by atoms with Crippen molar-refractivity contribution in [1.29, 1.82) is 0 Å². The fourth-order valence-corrected chi connectivity index (χ4v) is 4.55. The van der Waals surface area contributed by atoms with Crippen LogP contribution >= 0.6 is 0 Å². The van der Waals surface area contributed by atoms with Gasteiger partial charge >= 0.3 is 0 Å². The molecule has 0 amide bonds. The number of benzene rings is 1. The van der Waals surface area contributed by atoms with E-state index in [0.717, 1.165) is 11.3 Å². The van der Waals surface area contributed by atoms with Gasteiger partial charge in [-0.1, -0.05) is 0 Å². The molecule has 1 aliphatic carbocycles. The van der Waals surface area contributed by atoms with Crippen LogP contribution in [0, 0.1) is 5.82 Å². The Labute approximate surface area is 125 Å². The Balaban J connectivity index is 1.73. The van der Waals surface area contributed by atoms with E-state index in [0.29, 0.717) is 19.0 Å². The van der Waals surface area contributed by atoms with Crippen LogP contribution < -0.4 is 10.2 Å². The van der Waals surface area contributed by atoms with Gasteiger partial charge in [0.1, 0.15) is 5.82 Å². The standard InChI is InChI=1S/C15H21FN2O2S/c1-18(14-4-5-21(19,20)10-14)15-7-11(6-12(16)8-15)9-17-13-2-3-13/h6-8,13-14,17H,2-5,9-10H2,1H3. The molecule has 6 heteroatoms. The van der Waals surface area contributed by atoms with Crippen LogP contribution in [-0.2, 0) is 16.4 Å². The van der Waals surface area contributed by atoms with Crippen molar-refractivity contribution in [2.24, 2.45) is 0 Å². The number of nitrogens with zero attached hydrogens (tertiary/aromatic N) is 1. The van der Waals surface area contributed by atoms with Gasteiger partial charge in [0, 0.05) is 31.4 Å². The molecule has 1 saturated carbocycles. The summed E-state index contributed by atoms with van der Waals surface area (Å²) in [6.07, 6.45) is 3.01. The highest BCUT2D eigenvalue weighted by molar-refractivity contribution is 7.91. The molecular formula is C15H21FN2O2S. The average molecular weight is 312 g/mol. The monoisotopic (exact) mass is 312 g/mol. The molecule has 1 heterocycles. The third-order valence-electron chi connectivity index (χ3n) is 4.28. The number of sulfone groups is 1. The van der Waals surface area contributed by atoms with Gasteiger partial charge in [0.25, 0.3) is 0 Å². The van der Waals surface area contributed by atoms with Gasteiger partial charge < -0.3 is 10.2 Å². The van der Waals surface area contributed by atoms with Crippen molar-refractivity contribution in [3.8, 4) is 0 Å². The molecule has 1 N–H and O–H groups in total. The molecule has 1 atom stereocenters. The molecule has 1 saturated heterocycles. The first-order valence-corrected chi connectivity index (χ1v) is 9.21. The lowest BCUT2D eigenvalue weighted by Crippen LogP contribution is -2.32. The lowest BCUT2D eigenvalue weighted by molar-refractivity contribution is 0.600. The summed E-state index contributed by atoms with van der Waals surface area (Å²) >= 11 is 0. The summed E-state index contributed by atoms with van der Waals surface area (Å²) in [7, 11) is -1.08. The molecule has 116 valence electrons. The molecular weight excluding hydrogens is 291 g/mol. The summed E-state index contributed by atoms with van der Waals surface area (Å²) in [5.74, 6) is 0.121. The average Bonchev–Trinajstić information content (AvgIpc) is 3.18. The number of hydrogen-bond acceptors (Lipinski definition) is 4. The van der Waals surface area contributed by atoms with E-state index in [1.165, 1.54) is 25.0 Å². The van der Waals surface area contributed by atoms with Gasteiger partial charge in [0.05, 0.1) is 11.5 Å². The van der Waals surface area contributed by atoms with Crippen LogP contribution in [0.1, 0.15) is 24.8 Å². The second-order valence-corrected chi connectivity index (χ2v) is 8.37. The molecule has 21 heavy (non-hydrogen) atoms. The summed E-state index contributed by atoms with van der Waals surface area (Å²) in [6, 6.07) is 5.49. The third-order valence-corrected chi connectivity index (χ3v) is 6.03. The van der Waals surface area contributed by atoms with Gasteiger partial charge in [-0.05, 0) is 43.0 Å². The Bertz CT molecular complexity index is 629. The molecule has 0 aromatic heterocycles. The number of halogens is 1. The van der Waals surface area contributed by atoms with E-state index < -0.39 is 9.84 Å². The molecule has 1 aliphatic heterocycles. The normalized spacial score (nSPS) is 24.2. The highest BCUT2D eigenvalue weighted by Crippen LogP contribution is 2.25. The zero-order chi connectivity index (χ0) is 15.0. The van der Waals surface area contributed by atoms with Crippen LogP contribution in [0.25, 0.3) is 0 Å². The van der Waals surface area contributed by atoms with Gasteiger partial charge in [0.2, 0.25) is 0 Å². The molecule has 0 radical (unpaired) electrons. The number of hydrogen-bond donors (Lipinski definition) is 1. The molecule has 1 aromatic rings. The van der Waals surface area contributed by atoms with Crippen molar-refractivity contribution >= 4 is 15.5 Å². The maximum absolute atomic E-state index is 13.8. The molecule has 1 aromatic carbocycles. The minimum absolute atomic E-state index is 0.0546. The minimum atomic E-state index is -2.93. The molecule has 0 bridgehead atoms. The van der Waals surface area contributed by atoms with E-state index in [1.54, 1.807) is 0 Å². The Morgan fingerprint density at radius 3 is 2.67 bits per heavy atom. The second kappa shape index (κ2) is 5.57. The van der Waals surface area contributed by atoms with E-state index in [-0.39, 0.29) is 23.4 Å². The predicted molar refractivity (Wildman–Crippen MR) is 81.7 cm³/mol. The second-order valence-electron chi connectivity index (χ2n) is 6.14. The third kappa shape index (κ3) is 3.74. The van der Waals surface area contributed by atoms with Crippen LogP contribution in [0.4, 0.5) is 10.1 Å². The van der Waals surface area contributed by atoms with Gasteiger partial charge in [0.15, 0.2) is 9.84 Å². The van der Waals surface area contributed by atoms with Crippen LogP contribution in [0.5, 0.6) is 0 Å². The maximum atomic E-state index is 13.8. The zero-order valence-electron chi connectivity index (χ0n) is 12.2. The van der Waals surface area contributed by atoms with E-state index >= 15 is 0 Å². The predicted octanol–water partition coefficient (Wildman–Crippen LogP) is 1.70. The van der Waals surface area contributed by atoms with Crippen molar-refractivity contribution < 1.29 is 12.8 Å². The smallest absolute Gasteiger partial charge is 0.152 e. The first kappa shape index (κ1) is 14.8. The van der Waals surface area contributed by atoms with Crippen molar-refractivity contribution in [1.82, 2.24) is 5.32 Å². The molecule has 3 rings (SSSR count). The highest BCUT2D eigenvalue weighted by atomic mass is 32.2. The highest BCUT2D eigenvalue weighted by Gasteiger charge is 2.31. The fourth-order valence-electron chi connectivity index (χ4n) is 2.78. The van der Waals surface area contributed by atoms with Gasteiger partial charge in [-0.25, -0.2) is 12.8 Å². The summed E-state index contributed by atoms with van der Waals surface area (Å²) in [5, 5.41) is 3.37. The van der Waals surface area contributed by atoms with E-state index in [1.807, 2.05) is 18.0 Å². The lowest BCUT2D eigenvalue weighted by atomic mass is 10.1. The Hall–Kier alpha value is -1.14. The van der Waals surface area contributed by atoms with Gasteiger partial charge in [-0.2, -0.15) is 0 Å². The largest absolute Gasteiger partial charge is 0.370 e. The van der Waals surface area contributed by atoms with Crippen LogP contribution in [0.15, 0.2) is 18.2 Å². The van der Waals surface area contributed by atoms with Crippen molar-refractivity contribution in [3.63, 3.8) is 0 Å². The van der Waals surface area contributed by atoms with E-state index in [4.69, 9.17) is 0 Å². The van der Waals surface area contributed by atoms with Crippen molar-refractivity contribution in [2.45, 2.75) is 37.9 Å². The number of nitrogens with one attached hydrogen (secondary N) is 1. The van der Waals surface area contributed by atoms with E-state index in [2.05, 4.69) is 5.32 Å². The fraction of sp³-hybridized carbons (Fsp3) is 0.600. The molecule has 2 aliphatic rings. The SMILES string of the molecule is CN(c1cc(F)cc(CNC2CC2)c1)C1CCS(=O)(=O)C1. The number of anilines is 1. The summed E-state index contributed by atoms with van der Waals surface area (Å²) in [5.41, 5.74) is 1.66. The van der Waals surface area contributed by atoms with Crippen LogP contribution in [-0.4, -0.2) is 39.1 Å². The minimum Gasteiger partial charge on any atom is -0.370 e. The quantitative estimate of drug-likeness (QED) is 0.899. The zero-order valence-corrected chi connectivity index (χ0v) is 13.0. The Morgan fingerprint density at radius 1 is 1.29 bits per heavy atom. The lowest BCUT2D eigenvalue weighted by Gasteiger charge is -2.26. The maximum Gasteiger partial charge on any atom is 0.152 e. The van der Waals surface area contributed by atoms with Crippen LogP contribution in [0.2, 0.25) is 0 Å².